The van der Waals surface area contributed by atoms with Gasteiger partial charge in [0.05, 0.1) is 10.8 Å². The molecule has 66 valence electrons. The number of rotatable bonds is 2. The van der Waals surface area contributed by atoms with Gasteiger partial charge in [-0.3, -0.25) is 0 Å². The van der Waals surface area contributed by atoms with E-state index in [0.29, 0.717) is 11.3 Å². The molecule has 0 aliphatic rings. The summed E-state index contributed by atoms with van der Waals surface area (Å²) < 4.78 is 17.8. The molecule has 0 atom stereocenters. The number of methoxy groups -OCH3 is 1. The van der Waals surface area contributed by atoms with Crippen molar-refractivity contribution in [1.82, 2.24) is 0 Å². The fourth-order valence-corrected chi connectivity index (χ4v) is 1.52. The molecule has 0 saturated heterocycles. The van der Waals surface area contributed by atoms with Crippen LogP contribution in [0.5, 0.6) is 5.75 Å². The second-order valence-electron chi connectivity index (χ2n) is 2.19. The summed E-state index contributed by atoms with van der Waals surface area (Å²) in [5, 5.41) is 0. The van der Waals surface area contributed by atoms with E-state index in [1.807, 2.05) is 0 Å². The Morgan fingerprint density at radius 2 is 2.08 bits per heavy atom. The van der Waals surface area contributed by atoms with Crippen molar-refractivity contribution in [2.24, 2.45) is 0 Å². The first-order chi connectivity index (χ1) is 5.65. The van der Waals surface area contributed by atoms with Gasteiger partial charge in [0.1, 0.15) is 11.6 Å². The summed E-state index contributed by atoms with van der Waals surface area (Å²) in [6, 6.07) is 4.61. The van der Waals surface area contributed by atoms with Crippen LogP contribution in [0.4, 0.5) is 4.39 Å². The SMILES string of the molecule is COc1ccc(F)c(C(Br)Br)c1. The molecule has 1 aromatic rings. The minimum atomic E-state index is -0.255. The van der Waals surface area contributed by atoms with Gasteiger partial charge in [-0.15, -0.1) is 0 Å². The van der Waals surface area contributed by atoms with Gasteiger partial charge >= 0.3 is 0 Å². The lowest BCUT2D eigenvalue weighted by molar-refractivity contribution is 0.413. The maximum Gasteiger partial charge on any atom is 0.128 e. The average molecular weight is 298 g/mol. The smallest absolute Gasteiger partial charge is 0.128 e. The molecule has 0 aliphatic carbocycles. The molecule has 0 fully saturated rings. The van der Waals surface area contributed by atoms with E-state index >= 15 is 0 Å². The molecule has 0 aromatic heterocycles. The predicted octanol–water partition coefficient (Wildman–Crippen LogP) is 3.62. The standard InChI is InChI=1S/C8H7Br2FO/c1-12-5-2-3-7(11)6(4-5)8(9)10/h2-4,8H,1H3. The third-order valence-electron chi connectivity index (χ3n) is 1.44. The van der Waals surface area contributed by atoms with Crippen LogP contribution in [0, 0.1) is 5.82 Å². The van der Waals surface area contributed by atoms with Crippen LogP contribution in [0.1, 0.15) is 9.30 Å². The monoisotopic (exact) mass is 296 g/mol. The lowest BCUT2D eigenvalue weighted by Crippen LogP contribution is -1.90. The largest absolute Gasteiger partial charge is 0.497 e. The first-order valence-electron chi connectivity index (χ1n) is 3.26. The van der Waals surface area contributed by atoms with E-state index in [2.05, 4.69) is 31.9 Å². The molecule has 4 heteroatoms. The molecular weight excluding hydrogens is 291 g/mol. The van der Waals surface area contributed by atoms with Gasteiger partial charge in [-0.2, -0.15) is 0 Å². The summed E-state index contributed by atoms with van der Waals surface area (Å²) in [5.74, 6) is 0.393. The van der Waals surface area contributed by atoms with E-state index < -0.39 is 0 Å². The summed E-state index contributed by atoms with van der Waals surface area (Å²) in [5.41, 5.74) is 0.536. The van der Waals surface area contributed by atoms with E-state index in [-0.39, 0.29) is 9.55 Å². The van der Waals surface area contributed by atoms with Gasteiger partial charge in [-0.25, -0.2) is 4.39 Å². The summed E-state index contributed by atoms with van der Waals surface area (Å²) >= 11 is 6.44. The lowest BCUT2D eigenvalue weighted by Gasteiger charge is -2.06. The number of hydrogen-bond acceptors (Lipinski definition) is 1. The zero-order valence-corrected chi connectivity index (χ0v) is 9.52. The molecule has 0 amide bonds. The zero-order chi connectivity index (χ0) is 9.14. The van der Waals surface area contributed by atoms with Crippen LogP contribution in [0.25, 0.3) is 0 Å². The quantitative estimate of drug-likeness (QED) is 0.758. The fraction of sp³-hybridized carbons (Fsp3) is 0.250. The molecule has 0 aliphatic heterocycles. The van der Waals surface area contributed by atoms with Crippen molar-refractivity contribution in [2.45, 2.75) is 3.74 Å². The highest BCUT2D eigenvalue weighted by Gasteiger charge is 2.09. The molecule has 0 unspecified atom stereocenters. The Labute approximate surface area is 87.2 Å². The Hall–Kier alpha value is -0.0900. The molecule has 0 radical (unpaired) electrons. The minimum absolute atomic E-state index is 0.180. The van der Waals surface area contributed by atoms with E-state index in [4.69, 9.17) is 4.74 Å². The lowest BCUT2D eigenvalue weighted by atomic mass is 10.2. The second kappa shape index (κ2) is 4.23. The van der Waals surface area contributed by atoms with Crippen LogP contribution in [-0.4, -0.2) is 7.11 Å². The van der Waals surface area contributed by atoms with Gasteiger partial charge < -0.3 is 4.74 Å². The van der Waals surface area contributed by atoms with E-state index in [1.165, 1.54) is 6.07 Å². The molecule has 0 N–H and O–H groups in total. The van der Waals surface area contributed by atoms with Crippen molar-refractivity contribution in [3.63, 3.8) is 0 Å². The van der Waals surface area contributed by atoms with Gasteiger partial charge in [0.25, 0.3) is 0 Å². The third kappa shape index (κ3) is 2.20. The van der Waals surface area contributed by atoms with Crippen LogP contribution >= 0.6 is 31.9 Å². The molecule has 0 saturated carbocycles. The van der Waals surface area contributed by atoms with Crippen LogP contribution < -0.4 is 4.74 Å². The summed E-state index contributed by atoms with van der Waals surface area (Å²) in [7, 11) is 1.55. The average Bonchev–Trinajstić information content (AvgIpc) is 2.05. The Morgan fingerprint density at radius 3 is 2.58 bits per heavy atom. The van der Waals surface area contributed by atoms with Crippen molar-refractivity contribution < 1.29 is 9.13 Å². The second-order valence-corrected chi connectivity index (χ2v) is 5.25. The first-order valence-corrected chi connectivity index (χ1v) is 5.10. The number of alkyl halides is 2. The van der Waals surface area contributed by atoms with Crippen LogP contribution in [0.15, 0.2) is 18.2 Å². The van der Waals surface area contributed by atoms with Gasteiger partial charge in [-0.05, 0) is 18.2 Å². The molecule has 0 heterocycles. The molecule has 1 rings (SSSR count). The Bertz CT molecular complexity index is 276. The Balaban J connectivity index is 3.08. The van der Waals surface area contributed by atoms with Gasteiger partial charge in [0.15, 0.2) is 0 Å². The van der Waals surface area contributed by atoms with Gasteiger partial charge in [0.2, 0.25) is 0 Å². The number of benzene rings is 1. The van der Waals surface area contributed by atoms with Crippen molar-refractivity contribution in [3.05, 3.63) is 29.6 Å². The van der Waals surface area contributed by atoms with Crippen LogP contribution in [0.3, 0.4) is 0 Å². The maximum absolute atomic E-state index is 13.0. The van der Waals surface area contributed by atoms with Crippen LogP contribution in [-0.2, 0) is 0 Å². The van der Waals surface area contributed by atoms with Crippen molar-refractivity contribution in [1.29, 1.82) is 0 Å². The molecule has 1 nitrogen and oxygen atoms in total. The minimum Gasteiger partial charge on any atom is -0.497 e. The highest BCUT2D eigenvalue weighted by molar-refractivity contribution is 9.24. The highest BCUT2D eigenvalue weighted by atomic mass is 79.9. The van der Waals surface area contributed by atoms with Crippen molar-refractivity contribution in [3.8, 4) is 5.75 Å². The predicted molar refractivity (Wildman–Crippen MR) is 53.5 cm³/mol. The number of ether oxygens (including phenoxy) is 1. The summed E-state index contributed by atoms with van der Waals surface area (Å²) in [6.07, 6.45) is 0. The van der Waals surface area contributed by atoms with E-state index in [9.17, 15) is 4.39 Å². The maximum atomic E-state index is 13.0. The van der Waals surface area contributed by atoms with E-state index in [1.54, 1.807) is 19.2 Å². The molecule has 0 spiro atoms. The molecular formula is C8H7Br2FO. The molecule has 0 bridgehead atoms. The zero-order valence-electron chi connectivity index (χ0n) is 6.35. The molecule has 12 heavy (non-hydrogen) atoms. The fourth-order valence-electron chi connectivity index (χ4n) is 0.816. The van der Waals surface area contributed by atoms with Gasteiger partial charge in [0, 0.05) is 5.56 Å². The summed E-state index contributed by atoms with van der Waals surface area (Å²) in [6.45, 7) is 0. The topological polar surface area (TPSA) is 9.23 Å². The number of hydrogen-bond donors (Lipinski definition) is 0. The normalized spacial score (nSPS) is 10.4. The van der Waals surface area contributed by atoms with Crippen molar-refractivity contribution >= 4 is 31.9 Å². The third-order valence-corrected chi connectivity index (χ3v) is 2.42. The number of halogens is 3. The first kappa shape index (κ1) is 9.99. The summed E-state index contributed by atoms with van der Waals surface area (Å²) in [4.78, 5) is 0. The molecule has 1 aromatic carbocycles. The van der Waals surface area contributed by atoms with E-state index in [0.717, 1.165) is 0 Å². The Morgan fingerprint density at radius 1 is 1.42 bits per heavy atom. The Kier molecular flexibility index (Phi) is 3.53. The van der Waals surface area contributed by atoms with Gasteiger partial charge in [-0.1, -0.05) is 31.9 Å². The highest BCUT2D eigenvalue weighted by Crippen LogP contribution is 2.33. The van der Waals surface area contributed by atoms with Crippen LogP contribution in [0.2, 0.25) is 0 Å². The van der Waals surface area contributed by atoms with Crippen molar-refractivity contribution in [2.75, 3.05) is 7.11 Å².